The van der Waals surface area contributed by atoms with E-state index in [1.54, 1.807) is 11.6 Å². The summed E-state index contributed by atoms with van der Waals surface area (Å²) in [6, 6.07) is 0. The number of carbonyl (C=O) groups is 1. The zero-order valence-corrected chi connectivity index (χ0v) is 7.85. The molecule has 0 saturated carbocycles. The van der Waals surface area contributed by atoms with Gasteiger partial charge in [-0.25, -0.2) is 15.0 Å². The van der Waals surface area contributed by atoms with E-state index in [2.05, 4.69) is 20.3 Å². The van der Waals surface area contributed by atoms with Crippen LogP contribution in [0.2, 0.25) is 0 Å². The average molecular weight is 210 g/mol. The number of imidazole rings is 1. The second-order valence-electron chi connectivity index (χ2n) is 2.83. The first kappa shape index (κ1) is 5.20. The molecule has 0 bridgehead atoms. The predicted octanol–water partition coefficient (Wildman–Crippen LogP) is 0.712. The molecular formula is C9H11N5O. The molecule has 0 aromatic carbocycles. The topological polar surface area (TPSA) is 72.7 Å². The molecule has 0 radical (unpaired) electrons. The van der Waals surface area contributed by atoms with Crippen molar-refractivity contribution in [3.8, 4) is 0 Å². The van der Waals surface area contributed by atoms with E-state index in [0.29, 0.717) is 5.65 Å². The highest BCUT2D eigenvalue weighted by molar-refractivity contribution is 5.96. The predicted molar refractivity (Wildman–Crippen MR) is 55.2 cm³/mol. The molecule has 2 rings (SSSR count). The fraction of sp³-hybridized carbons (Fsp3) is 0.333. The quantitative estimate of drug-likeness (QED) is 0.792. The van der Waals surface area contributed by atoms with Crippen molar-refractivity contribution in [1.29, 1.82) is 0 Å². The van der Waals surface area contributed by atoms with Crippen LogP contribution in [0.15, 0.2) is 12.7 Å². The zero-order valence-electron chi connectivity index (χ0n) is 12.9. The van der Waals surface area contributed by atoms with Gasteiger partial charge < -0.3 is 9.88 Å². The van der Waals surface area contributed by atoms with Crippen molar-refractivity contribution in [3.05, 3.63) is 12.7 Å². The van der Waals surface area contributed by atoms with Gasteiger partial charge in [0, 0.05) is 20.3 Å². The number of anilines is 1. The van der Waals surface area contributed by atoms with Crippen LogP contribution in [0.3, 0.4) is 0 Å². The third-order valence-electron chi connectivity index (χ3n) is 1.84. The van der Waals surface area contributed by atoms with Crippen LogP contribution in [0.5, 0.6) is 0 Å². The molecule has 0 aliphatic heterocycles. The summed E-state index contributed by atoms with van der Waals surface area (Å²) >= 11 is 0. The van der Waals surface area contributed by atoms with Crippen molar-refractivity contribution in [1.82, 2.24) is 19.5 Å². The van der Waals surface area contributed by atoms with Gasteiger partial charge in [-0.2, -0.15) is 0 Å². The Morgan fingerprint density at radius 2 is 2.53 bits per heavy atom. The van der Waals surface area contributed by atoms with E-state index in [4.69, 9.17) is 6.85 Å². The first-order valence-corrected chi connectivity index (χ1v) is 4.08. The summed E-state index contributed by atoms with van der Waals surface area (Å²) in [6.45, 7) is -3.08. The molecule has 15 heavy (non-hydrogen) atoms. The van der Waals surface area contributed by atoms with Gasteiger partial charge in [0.25, 0.3) is 0 Å². The highest BCUT2D eigenvalue weighted by Crippen LogP contribution is 2.16. The summed E-state index contributed by atoms with van der Waals surface area (Å²) in [5, 5.41) is 2.14. The third-order valence-corrected chi connectivity index (χ3v) is 1.84. The Bertz CT molecular complexity index is 664. The second kappa shape index (κ2) is 3.64. The molecule has 6 heteroatoms. The summed E-state index contributed by atoms with van der Waals surface area (Å²) in [7, 11) is 1.69. The molecule has 0 spiro atoms. The van der Waals surface area contributed by atoms with E-state index < -0.39 is 19.1 Å². The van der Waals surface area contributed by atoms with Crippen molar-refractivity contribution >= 4 is 22.9 Å². The molecule has 0 aliphatic carbocycles. The number of hydrogen-bond acceptors (Lipinski definition) is 4. The molecular weight excluding hydrogens is 194 g/mol. The molecule has 6 nitrogen and oxygen atoms in total. The summed E-state index contributed by atoms with van der Waals surface area (Å²) in [5.74, 6) is -1.34. The lowest BCUT2D eigenvalue weighted by atomic mass is 10.4. The fourth-order valence-electron chi connectivity index (χ4n) is 1.18. The number of aryl methyl sites for hydroxylation is 1. The summed E-state index contributed by atoms with van der Waals surface area (Å²) in [6.07, 6.45) is -0.406. The number of nitrogens with one attached hydrogen (secondary N) is 1. The monoisotopic (exact) mass is 210 g/mol. The summed E-state index contributed by atoms with van der Waals surface area (Å²) < 4.78 is 37.5. The van der Waals surface area contributed by atoms with Crippen molar-refractivity contribution < 1.29 is 11.6 Å². The van der Waals surface area contributed by atoms with Crippen molar-refractivity contribution in [3.63, 3.8) is 0 Å². The Balaban J connectivity index is 2.36. The van der Waals surface area contributed by atoms with Gasteiger partial charge in [0.15, 0.2) is 17.0 Å². The van der Waals surface area contributed by atoms with E-state index in [0.717, 1.165) is 0 Å². The van der Waals surface area contributed by atoms with Crippen molar-refractivity contribution in [2.24, 2.45) is 7.05 Å². The van der Waals surface area contributed by atoms with Crippen LogP contribution in [0, 0.1) is 0 Å². The SMILES string of the molecule is [2H]C([2H])([2H])C([2H])([2H])C(=O)Nc1ncnc2c1ncn2C. The number of amides is 1. The minimum absolute atomic E-state index is 0.0336. The lowest BCUT2D eigenvalue weighted by Crippen LogP contribution is -2.11. The minimum atomic E-state index is -3.08. The van der Waals surface area contributed by atoms with Gasteiger partial charge in [0.05, 0.1) is 6.33 Å². The normalized spacial score (nSPS) is 17.3. The molecule has 2 aromatic heterocycles. The van der Waals surface area contributed by atoms with Crippen LogP contribution >= 0.6 is 0 Å². The number of nitrogens with zero attached hydrogens (tertiary/aromatic N) is 4. The second-order valence-corrected chi connectivity index (χ2v) is 2.83. The van der Waals surface area contributed by atoms with Gasteiger partial charge in [0.1, 0.15) is 6.33 Å². The van der Waals surface area contributed by atoms with Gasteiger partial charge in [-0.1, -0.05) is 6.85 Å². The molecule has 1 amide bonds. The molecule has 2 heterocycles. The Morgan fingerprint density at radius 1 is 1.67 bits per heavy atom. The highest BCUT2D eigenvalue weighted by atomic mass is 16.1. The first-order valence-electron chi connectivity index (χ1n) is 6.58. The molecule has 0 fully saturated rings. The standard InChI is InChI=1S/C9H11N5O/c1-3-6(15)13-8-7-9(11-4-10-8)14(2)5-12-7/h4-5H,3H2,1-2H3,(H,10,11,13,15)/i1D3,3D2. The average Bonchev–Trinajstić information content (AvgIpc) is 2.71. The number of rotatable bonds is 2. The largest absolute Gasteiger partial charge is 0.318 e. The van der Waals surface area contributed by atoms with Gasteiger partial charge in [-0.3, -0.25) is 4.79 Å². The molecule has 0 aliphatic rings. The third kappa shape index (κ3) is 1.65. The minimum Gasteiger partial charge on any atom is -0.318 e. The number of aromatic nitrogens is 4. The van der Waals surface area contributed by atoms with E-state index in [1.807, 2.05) is 0 Å². The van der Waals surface area contributed by atoms with Crippen LogP contribution in [-0.4, -0.2) is 25.4 Å². The summed E-state index contributed by atoms with van der Waals surface area (Å²) in [5.41, 5.74) is 0.689. The van der Waals surface area contributed by atoms with Gasteiger partial charge in [0.2, 0.25) is 5.91 Å². The molecule has 78 valence electrons. The van der Waals surface area contributed by atoms with Gasteiger partial charge >= 0.3 is 0 Å². The smallest absolute Gasteiger partial charge is 0.225 e. The number of hydrogen-bond donors (Lipinski definition) is 1. The maximum Gasteiger partial charge on any atom is 0.225 e. The molecule has 0 saturated heterocycles. The number of carbonyl (C=O) groups excluding carboxylic acids is 1. The summed E-state index contributed by atoms with van der Waals surface area (Å²) in [4.78, 5) is 23.5. The molecule has 0 unspecified atom stereocenters. The Labute approximate surface area is 93.4 Å². The van der Waals surface area contributed by atoms with Crippen LogP contribution in [0.25, 0.3) is 11.2 Å². The highest BCUT2D eigenvalue weighted by Gasteiger charge is 2.09. The van der Waals surface area contributed by atoms with Crippen LogP contribution in [0.4, 0.5) is 5.82 Å². The maximum atomic E-state index is 11.8. The van der Waals surface area contributed by atoms with E-state index in [1.165, 1.54) is 12.7 Å². The Kier molecular flexibility index (Phi) is 1.26. The Morgan fingerprint density at radius 3 is 3.33 bits per heavy atom. The Hall–Kier alpha value is -1.98. The van der Waals surface area contributed by atoms with Crippen molar-refractivity contribution in [2.45, 2.75) is 13.2 Å². The fourth-order valence-corrected chi connectivity index (χ4v) is 1.18. The molecule has 2 aromatic rings. The first-order chi connectivity index (χ1) is 9.14. The van der Waals surface area contributed by atoms with Crippen LogP contribution < -0.4 is 5.32 Å². The zero-order chi connectivity index (χ0) is 15.1. The number of fused-ring (bicyclic) bond motifs is 1. The maximum absolute atomic E-state index is 11.8. The molecule has 1 N–H and O–H groups in total. The van der Waals surface area contributed by atoms with E-state index in [-0.39, 0.29) is 11.3 Å². The van der Waals surface area contributed by atoms with E-state index >= 15 is 0 Å². The van der Waals surface area contributed by atoms with Crippen LogP contribution in [-0.2, 0) is 11.8 Å². The van der Waals surface area contributed by atoms with Crippen molar-refractivity contribution in [2.75, 3.05) is 5.32 Å². The lowest BCUT2D eigenvalue weighted by Gasteiger charge is -2.02. The van der Waals surface area contributed by atoms with E-state index in [9.17, 15) is 4.79 Å². The molecule has 0 atom stereocenters. The van der Waals surface area contributed by atoms with Gasteiger partial charge in [-0.15, -0.1) is 0 Å². The van der Waals surface area contributed by atoms with Gasteiger partial charge in [-0.05, 0) is 0 Å². The van der Waals surface area contributed by atoms with Crippen LogP contribution in [0.1, 0.15) is 20.1 Å². The lowest BCUT2D eigenvalue weighted by molar-refractivity contribution is -0.115.